The van der Waals surface area contributed by atoms with Gasteiger partial charge in [-0.05, 0) is 115 Å². The van der Waals surface area contributed by atoms with Crippen LogP contribution in [-0.4, -0.2) is 24.5 Å². The van der Waals surface area contributed by atoms with Gasteiger partial charge in [0.1, 0.15) is 5.75 Å². The van der Waals surface area contributed by atoms with Crippen molar-refractivity contribution in [2.75, 3.05) is 24.2 Å². The number of nitrogens with zero attached hydrogens (tertiary/aromatic N) is 1. The van der Waals surface area contributed by atoms with Crippen molar-refractivity contribution < 1.29 is 5.11 Å². The lowest BCUT2D eigenvalue weighted by atomic mass is 9.83. The zero-order valence-corrected chi connectivity index (χ0v) is 26.5. The van der Waals surface area contributed by atoms with E-state index in [0.29, 0.717) is 0 Å². The van der Waals surface area contributed by atoms with Crippen LogP contribution in [0.3, 0.4) is 0 Å². The molecule has 5 aromatic carbocycles. The molecule has 214 valence electrons. The smallest absolute Gasteiger partial charge is 0.115 e. The van der Waals surface area contributed by atoms with Gasteiger partial charge in [-0.1, -0.05) is 84.8 Å². The van der Waals surface area contributed by atoms with E-state index < -0.39 is 0 Å². The molecule has 0 aromatic heterocycles. The Kier molecular flexibility index (Phi) is 9.09. The van der Waals surface area contributed by atoms with E-state index in [-0.39, 0.29) is 5.75 Å². The lowest BCUT2D eigenvalue weighted by molar-refractivity contribution is 0.475. The monoisotopic (exact) mass is 571 g/mol. The summed E-state index contributed by atoms with van der Waals surface area (Å²) in [4.78, 5) is 3.62. The highest BCUT2D eigenvalue weighted by molar-refractivity contribution is 7.98. The summed E-state index contributed by atoms with van der Waals surface area (Å²) in [5, 5.41) is 10.1. The number of anilines is 1. The van der Waals surface area contributed by atoms with Crippen molar-refractivity contribution in [3.63, 3.8) is 0 Å². The fourth-order valence-electron chi connectivity index (χ4n) is 6.04. The van der Waals surface area contributed by atoms with Crippen LogP contribution in [0.2, 0.25) is 0 Å². The predicted octanol–water partition coefficient (Wildman–Crippen LogP) is 10.8. The molecule has 0 spiro atoms. The summed E-state index contributed by atoms with van der Waals surface area (Å²) < 4.78 is 0. The highest BCUT2D eigenvalue weighted by atomic mass is 32.2. The Labute approximate surface area is 256 Å². The van der Waals surface area contributed by atoms with Gasteiger partial charge in [0.2, 0.25) is 0 Å². The van der Waals surface area contributed by atoms with E-state index in [1.807, 2.05) is 12.1 Å². The third kappa shape index (κ3) is 5.98. The molecule has 0 heterocycles. The first-order valence-electron chi connectivity index (χ1n) is 14.9. The molecule has 0 aliphatic rings. The van der Waals surface area contributed by atoms with Gasteiger partial charge < -0.3 is 10.0 Å². The Hall–Kier alpha value is -3.95. The van der Waals surface area contributed by atoms with Crippen molar-refractivity contribution >= 4 is 17.4 Å². The fraction of sp³-hybridized carbons (Fsp3) is 0.231. The second-order valence-electron chi connectivity index (χ2n) is 11.0. The van der Waals surface area contributed by atoms with Crippen LogP contribution in [0, 0.1) is 13.8 Å². The maximum absolute atomic E-state index is 10.1. The first-order chi connectivity index (χ1) is 20.4. The summed E-state index contributed by atoms with van der Waals surface area (Å²) in [5.41, 5.74) is 14.8. The lowest BCUT2D eigenvalue weighted by Gasteiger charge is -2.25. The predicted molar refractivity (Wildman–Crippen MR) is 184 cm³/mol. The molecule has 0 aliphatic carbocycles. The topological polar surface area (TPSA) is 23.5 Å². The van der Waals surface area contributed by atoms with E-state index in [0.717, 1.165) is 25.1 Å². The number of aromatic hydroxyl groups is 1. The number of hydrogen-bond acceptors (Lipinski definition) is 3. The minimum absolute atomic E-state index is 0.277. The molecule has 0 saturated carbocycles. The SMILES string of the molecule is CCc1cccc(-c2cc(-c3ccc(O)cc3)c(SC)c(-c3ccc(N(CC)CC)cc3)c2-c2cc(C)cc(C)c2)c1. The zero-order chi connectivity index (χ0) is 29.8. The van der Waals surface area contributed by atoms with Gasteiger partial charge in [-0.25, -0.2) is 0 Å². The van der Waals surface area contributed by atoms with Crippen LogP contribution in [0.1, 0.15) is 37.5 Å². The molecule has 0 bridgehead atoms. The number of aryl methyl sites for hydroxylation is 3. The van der Waals surface area contributed by atoms with E-state index in [4.69, 9.17) is 0 Å². The average molecular weight is 572 g/mol. The number of rotatable bonds is 9. The summed E-state index contributed by atoms with van der Waals surface area (Å²) in [6.07, 6.45) is 3.16. The van der Waals surface area contributed by atoms with Crippen molar-refractivity contribution in [2.45, 2.75) is 45.9 Å². The molecular formula is C39H41NOS. The molecule has 0 atom stereocenters. The van der Waals surface area contributed by atoms with Gasteiger partial charge in [0.05, 0.1) is 0 Å². The van der Waals surface area contributed by atoms with Crippen LogP contribution in [0.4, 0.5) is 5.69 Å². The van der Waals surface area contributed by atoms with Crippen LogP contribution < -0.4 is 4.90 Å². The summed E-state index contributed by atoms with van der Waals surface area (Å²) in [6.45, 7) is 13.0. The minimum Gasteiger partial charge on any atom is -0.508 e. The van der Waals surface area contributed by atoms with Crippen LogP contribution in [0.5, 0.6) is 5.75 Å². The molecule has 5 rings (SSSR count). The first kappa shape index (κ1) is 29.5. The van der Waals surface area contributed by atoms with Crippen molar-refractivity contribution in [3.05, 3.63) is 114 Å². The minimum atomic E-state index is 0.277. The first-order valence-corrected chi connectivity index (χ1v) is 16.2. The van der Waals surface area contributed by atoms with Gasteiger partial charge >= 0.3 is 0 Å². The van der Waals surface area contributed by atoms with Crippen LogP contribution in [-0.2, 0) is 6.42 Å². The van der Waals surface area contributed by atoms with Crippen LogP contribution >= 0.6 is 11.8 Å². The normalized spacial score (nSPS) is 11.1. The molecule has 0 unspecified atom stereocenters. The average Bonchev–Trinajstić information content (AvgIpc) is 3.01. The molecule has 5 aromatic rings. The van der Waals surface area contributed by atoms with Crippen molar-refractivity contribution in [3.8, 4) is 50.3 Å². The maximum atomic E-state index is 10.1. The van der Waals surface area contributed by atoms with Gasteiger partial charge in [-0.15, -0.1) is 11.8 Å². The summed E-state index contributed by atoms with van der Waals surface area (Å²) in [5.74, 6) is 0.277. The molecule has 3 heteroatoms. The quantitative estimate of drug-likeness (QED) is 0.178. The molecular weight excluding hydrogens is 531 g/mol. The Bertz CT molecular complexity index is 1660. The maximum Gasteiger partial charge on any atom is 0.115 e. The van der Waals surface area contributed by atoms with Crippen molar-refractivity contribution in [1.82, 2.24) is 0 Å². The summed E-state index contributed by atoms with van der Waals surface area (Å²) >= 11 is 1.79. The van der Waals surface area contributed by atoms with E-state index in [9.17, 15) is 5.11 Å². The zero-order valence-electron chi connectivity index (χ0n) is 25.7. The summed E-state index contributed by atoms with van der Waals surface area (Å²) in [7, 11) is 0. The largest absolute Gasteiger partial charge is 0.508 e. The van der Waals surface area contributed by atoms with Gasteiger partial charge in [0, 0.05) is 29.2 Å². The van der Waals surface area contributed by atoms with Crippen molar-refractivity contribution in [1.29, 1.82) is 0 Å². The van der Waals surface area contributed by atoms with Crippen molar-refractivity contribution in [2.24, 2.45) is 0 Å². The number of thioether (sulfide) groups is 1. The molecule has 1 N–H and O–H groups in total. The van der Waals surface area contributed by atoms with Crippen LogP contribution in [0.25, 0.3) is 44.5 Å². The molecule has 0 fully saturated rings. The third-order valence-corrected chi connectivity index (χ3v) is 8.94. The molecule has 0 saturated heterocycles. The Morgan fingerprint density at radius 2 is 1.26 bits per heavy atom. The molecule has 0 aliphatic heterocycles. The van der Waals surface area contributed by atoms with E-state index in [1.165, 1.54) is 66.2 Å². The van der Waals surface area contributed by atoms with Gasteiger partial charge in [-0.3, -0.25) is 0 Å². The van der Waals surface area contributed by atoms with Gasteiger partial charge in [-0.2, -0.15) is 0 Å². The highest BCUT2D eigenvalue weighted by Gasteiger charge is 2.23. The van der Waals surface area contributed by atoms with E-state index in [1.54, 1.807) is 23.9 Å². The highest BCUT2D eigenvalue weighted by Crippen LogP contribution is 2.50. The second-order valence-corrected chi connectivity index (χ2v) is 11.8. The number of hydrogen-bond donors (Lipinski definition) is 1. The molecule has 42 heavy (non-hydrogen) atoms. The molecule has 2 nitrogen and oxygen atoms in total. The molecule has 0 radical (unpaired) electrons. The van der Waals surface area contributed by atoms with Gasteiger partial charge in [0.25, 0.3) is 0 Å². The second kappa shape index (κ2) is 12.9. The number of phenols is 1. The lowest BCUT2D eigenvalue weighted by Crippen LogP contribution is -2.21. The van der Waals surface area contributed by atoms with E-state index >= 15 is 0 Å². The third-order valence-electron chi connectivity index (χ3n) is 8.10. The summed E-state index contributed by atoms with van der Waals surface area (Å²) in [6, 6.07) is 35.0. The fourth-order valence-corrected chi connectivity index (χ4v) is 6.86. The van der Waals surface area contributed by atoms with E-state index in [2.05, 4.69) is 119 Å². The Morgan fingerprint density at radius 3 is 1.86 bits per heavy atom. The van der Waals surface area contributed by atoms with Gasteiger partial charge in [0.15, 0.2) is 0 Å². The van der Waals surface area contributed by atoms with Crippen LogP contribution in [0.15, 0.2) is 102 Å². The molecule has 0 amide bonds. The number of benzene rings is 5. The Balaban J connectivity index is 1.92. The Morgan fingerprint density at radius 1 is 0.619 bits per heavy atom. The standard InChI is InChI=1S/C39H41NOS/c1-7-28-11-10-12-31(24-28)35-25-36(29-15-19-34(41)20-16-29)39(42-6)38(37(35)32-22-26(4)21-27(5)23-32)30-13-17-33(18-14-30)40(8-2)9-3/h10-25,41H,7-9H2,1-6H3. The number of phenolic OH excluding ortho intramolecular Hbond substituents is 1.